The summed E-state index contributed by atoms with van der Waals surface area (Å²) >= 11 is 0. The molecule has 2 N–H and O–H groups in total. The van der Waals surface area contributed by atoms with Gasteiger partial charge in [0.05, 0.1) is 6.42 Å². The van der Waals surface area contributed by atoms with Crippen molar-refractivity contribution in [3.05, 3.63) is 46.1 Å². The molecule has 2 aromatic rings. The van der Waals surface area contributed by atoms with Crippen LogP contribution in [0.4, 0.5) is 0 Å². The SMILES string of the molecule is O=C(O)C(Cc1c[nH]c2ccccc12)[N+](=O)[O-]. The Hall–Kier alpha value is -2.37. The van der Waals surface area contributed by atoms with E-state index >= 15 is 0 Å². The van der Waals surface area contributed by atoms with E-state index in [2.05, 4.69) is 4.98 Å². The van der Waals surface area contributed by atoms with Crippen molar-refractivity contribution in [2.45, 2.75) is 12.5 Å². The second-order valence-electron chi connectivity index (χ2n) is 3.70. The lowest BCUT2D eigenvalue weighted by molar-refractivity contribution is -0.509. The number of nitrogens with zero attached hydrogens (tertiary/aromatic N) is 1. The van der Waals surface area contributed by atoms with E-state index in [1.165, 1.54) is 0 Å². The molecule has 0 fully saturated rings. The van der Waals surface area contributed by atoms with Gasteiger partial charge in [-0.2, -0.15) is 0 Å². The minimum Gasteiger partial charge on any atom is -0.476 e. The lowest BCUT2D eigenvalue weighted by Gasteiger charge is -2.03. The number of carbonyl (C=O) groups is 1. The standard InChI is InChI=1S/C11H10N2O4/c14-11(15)10(13(16)17)5-7-6-12-9-4-2-1-3-8(7)9/h1-4,6,10,12H,5H2,(H,14,15). The zero-order valence-corrected chi connectivity index (χ0v) is 8.79. The summed E-state index contributed by atoms with van der Waals surface area (Å²) in [5.41, 5.74) is 1.49. The molecule has 0 amide bonds. The number of carboxylic acid groups (broad SMARTS) is 1. The van der Waals surface area contributed by atoms with E-state index in [0.717, 1.165) is 10.9 Å². The lowest BCUT2D eigenvalue weighted by Crippen LogP contribution is -2.31. The summed E-state index contributed by atoms with van der Waals surface area (Å²) < 4.78 is 0. The third kappa shape index (κ3) is 2.10. The van der Waals surface area contributed by atoms with Crippen LogP contribution in [0.25, 0.3) is 10.9 Å². The van der Waals surface area contributed by atoms with Gasteiger partial charge in [-0.05, 0) is 11.6 Å². The molecule has 0 aliphatic carbocycles. The van der Waals surface area contributed by atoms with Crippen LogP contribution >= 0.6 is 0 Å². The highest BCUT2D eigenvalue weighted by atomic mass is 16.6. The molecule has 2 rings (SSSR count). The summed E-state index contributed by atoms with van der Waals surface area (Å²) in [5.74, 6) is -1.42. The molecule has 88 valence electrons. The van der Waals surface area contributed by atoms with Crippen LogP contribution in [0, 0.1) is 10.1 Å². The topological polar surface area (TPSA) is 96.2 Å². The number of hydrogen-bond donors (Lipinski definition) is 2. The number of rotatable bonds is 4. The minimum atomic E-state index is -1.60. The number of H-pyrrole nitrogens is 1. The predicted octanol–water partition coefficient (Wildman–Crippen LogP) is 1.44. The Morgan fingerprint density at radius 3 is 2.82 bits per heavy atom. The van der Waals surface area contributed by atoms with E-state index in [1.807, 2.05) is 18.2 Å². The zero-order chi connectivity index (χ0) is 12.4. The molecule has 0 radical (unpaired) electrons. The van der Waals surface area contributed by atoms with E-state index in [4.69, 9.17) is 5.11 Å². The van der Waals surface area contributed by atoms with Gasteiger partial charge in [-0.3, -0.25) is 10.1 Å². The van der Waals surface area contributed by atoms with Gasteiger partial charge in [0, 0.05) is 22.0 Å². The molecule has 6 heteroatoms. The number of carboxylic acids is 1. The number of nitro groups is 1. The highest BCUT2D eigenvalue weighted by molar-refractivity contribution is 5.84. The fourth-order valence-electron chi connectivity index (χ4n) is 1.76. The molecule has 0 aliphatic heterocycles. The number of aromatic amines is 1. The van der Waals surface area contributed by atoms with Crippen molar-refractivity contribution in [1.82, 2.24) is 4.98 Å². The second kappa shape index (κ2) is 4.25. The maximum absolute atomic E-state index is 10.8. The van der Waals surface area contributed by atoms with Gasteiger partial charge < -0.3 is 10.1 Å². The van der Waals surface area contributed by atoms with Crippen molar-refractivity contribution >= 4 is 16.9 Å². The van der Waals surface area contributed by atoms with E-state index in [-0.39, 0.29) is 6.42 Å². The monoisotopic (exact) mass is 234 g/mol. The summed E-state index contributed by atoms with van der Waals surface area (Å²) in [6.07, 6.45) is 1.50. The second-order valence-corrected chi connectivity index (χ2v) is 3.70. The quantitative estimate of drug-likeness (QED) is 0.617. The maximum atomic E-state index is 10.8. The number of para-hydroxylation sites is 1. The van der Waals surface area contributed by atoms with Gasteiger partial charge in [-0.25, -0.2) is 4.79 Å². The molecule has 0 aliphatic rings. The number of benzene rings is 1. The van der Waals surface area contributed by atoms with Crippen LogP contribution in [0.1, 0.15) is 5.56 Å². The van der Waals surface area contributed by atoms with E-state index in [0.29, 0.717) is 5.56 Å². The third-order valence-corrected chi connectivity index (χ3v) is 2.63. The smallest absolute Gasteiger partial charge is 0.379 e. The van der Waals surface area contributed by atoms with Crippen molar-refractivity contribution in [1.29, 1.82) is 0 Å². The average molecular weight is 234 g/mol. The van der Waals surface area contributed by atoms with E-state index < -0.39 is 16.9 Å². The summed E-state index contributed by atoms with van der Waals surface area (Å²) in [5, 5.41) is 20.2. The van der Waals surface area contributed by atoms with E-state index in [9.17, 15) is 14.9 Å². The van der Waals surface area contributed by atoms with Gasteiger partial charge >= 0.3 is 12.0 Å². The van der Waals surface area contributed by atoms with Gasteiger partial charge in [-0.1, -0.05) is 18.2 Å². The summed E-state index contributed by atoms with van der Waals surface area (Å²) in [4.78, 5) is 23.6. The van der Waals surface area contributed by atoms with Crippen LogP contribution in [-0.2, 0) is 11.2 Å². The number of aliphatic carboxylic acids is 1. The normalized spacial score (nSPS) is 12.5. The first-order valence-corrected chi connectivity index (χ1v) is 5.01. The van der Waals surface area contributed by atoms with Gasteiger partial charge in [0.25, 0.3) is 0 Å². The van der Waals surface area contributed by atoms with Crippen LogP contribution in [0.15, 0.2) is 30.5 Å². The molecule has 1 aromatic carbocycles. The molecule has 1 unspecified atom stereocenters. The maximum Gasteiger partial charge on any atom is 0.379 e. The first-order chi connectivity index (χ1) is 8.09. The van der Waals surface area contributed by atoms with Gasteiger partial charge in [0.1, 0.15) is 0 Å². The van der Waals surface area contributed by atoms with Crippen LogP contribution in [0.2, 0.25) is 0 Å². The van der Waals surface area contributed by atoms with Gasteiger partial charge in [-0.15, -0.1) is 0 Å². The van der Waals surface area contributed by atoms with Crippen LogP contribution < -0.4 is 0 Å². The summed E-state index contributed by atoms with van der Waals surface area (Å²) in [6, 6.07) is 5.68. The highest BCUT2D eigenvalue weighted by Gasteiger charge is 2.30. The molecule has 17 heavy (non-hydrogen) atoms. The molecule has 0 saturated carbocycles. The first kappa shape index (κ1) is 11.1. The minimum absolute atomic E-state index is 0.119. The molecular formula is C11H10N2O4. The summed E-state index contributed by atoms with van der Waals surface area (Å²) in [7, 11) is 0. The highest BCUT2D eigenvalue weighted by Crippen LogP contribution is 2.19. The van der Waals surface area contributed by atoms with Gasteiger partial charge in [0.15, 0.2) is 0 Å². The molecule has 0 saturated heterocycles. The average Bonchev–Trinajstić information content (AvgIpc) is 2.68. The van der Waals surface area contributed by atoms with Crippen LogP contribution in [-0.4, -0.2) is 27.0 Å². The fraction of sp³-hybridized carbons (Fsp3) is 0.182. The molecule has 1 aromatic heterocycles. The number of hydrogen-bond acceptors (Lipinski definition) is 3. The fourth-order valence-corrected chi connectivity index (χ4v) is 1.76. The van der Waals surface area contributed by atoms with Crippen molar-refractivity contribution in [3.8, 4) is 0 Å². The molecule has 1 heterocycles. The van der Waals surface area contributed by atoms with Crippen LogP contribution in [0.5, 0.6) is 0 Å². The van der Waals surface area contributed by atoms with Crippen molar-refractivity contribution in [2.75, 3.05) is 0 Å². The Kier molecular flexibility index (Phi) is 2.78. The van der Waals surface area contributed by atoms with Crippen LogP contribution in [0.3, 0.4) is 0 Å². The van der Waals surface area contributed by atoms with Crippen molar-refractivity contribution < 1.29 is 14.8 Å². The molecule has 1 atom stereocenters. The predicted molar refractivity (Wildman–Crippen MR) is 60.4 cm³/mol. The molecule has 0 spiro atoms. The molecular weight excluding hydrogens is 224 g/mol. The molecule has 6 nitrogen and oxygen atoms in total. The van der Waals surface area contributed by atoms with Gasteiger partial charge in [0.2, 0.25) is 0 Å². The summed E-state index contributed by atoms with van der Waals surface area (Å²) in [6.45, 7) is 0. The Morgan fingerprint density at radius 1 is 1.47 bits per heavy atom. The number of aromatic nitrogens is 1. The number of fused-ring (bicyclic) bond motifs is 1. The zero-order valence-electron chi connectivity index (χ0n) is 8.79. The Bertz CT molecular complexity index is 562. The lowest BCUT2D eigenvalue weighted by atomic mass is 10.1. The Morgan fingerprint density at radius 2 is 2.18 bits per heavy atom. The number of nitrogens with one attached hydrogen (secondary N) is 1. The Balaban J connectivity index is 2.35. The first-order valence-electron chi connectivity index (χ1n) is 5.01. The molecule has 0 bridgehead atoms. The van der Waals surface area contributed by atoms with Crippen molar-refractivity contribution in [2.24, 2.45) is 0 Å². The van der Waals surface area contributed by atoms with Crippen molar-refractivity contribution in [3.63, 3.8) is 0 Å². The Labute approximate surface area is 96.0 Å². The van der Waals surface area contributed by atoms with E-state index in [1.54, 1.807) is 12.3 Å². The third-order valence-electron chi connectivity index (χ3n) is 2.63. The largest absolute Gasteiger partial charge is 0.476 e.